The molecule has 0 saturated heterocycles. The second kappa shape index (κ2) is 3.49. The molecule has 2 heterocycles. The van der Waals surface area contributed by atoms with Crippen LogP contribution in [-0.2, 0) is 0 Å². The van der Waals surface area contributed by atoms with Crippen molar-refractivity contribution in [2.24, 2.45) is 0 Å². The number of nitriles is 1. The average Bonchev–Trinajstić information content (AvgIpc) is 2.93. The molecule has 0 spiro atoms. The van der Waals surface area contributed by atoms with E-state index in [4.69, 9.17) is 9.68 Å². The maximum atomic E-state index is 8.92. The van der Waals surface area contributed by atoms with Gasteiger partial charge in [-0.3, -0.25) is 0 Å². The van der Waals surface area contributed by atoms with E-state index < -0.39 is 0 Å². The molecule has 4 heteroatoms. The topological polar surface area (TPSA) is 65.6 Å². The third-order valence-corrected chi connectivity index (χ3v) is 2.78. The summed E-state index contributed by atoms with van der Waals surface area (Å²) in [5.41, 5.74) is 5.01. The Morgan fingerprint density at radius 2 is 2.24 bits per heavy atom. The lowest BCUT2D eigenvalue weighted by Crippen LogP contribution is -1.78. The Balaban J connectivity index is 2.16. The van der Waals surface area contributed by atoms with Crippen LogP contribution in [0.3, 0.4) is 0 Å². The molecular weight excluding hydrogens is 214 g/mol. The summed E-state index contributed by atoms with van der Waals surface area (Å²) in [5, 5.41) is 8.92. The van der Waals surface area contributed by atoms with Gasteiger partial charge in [-0.25, -0.2) is 4.98 Å². The smallest absolute Gasteiger partial charge is 0.181 e. The molecule has 0 atom stereocenters. The molecule has 0 aliphatic heterocycles. The van der Waals surface area contributed by atoms with Crippen LogP contribution in [0.5, 0.6) is 0 Å². The van der Waals surface area contributed by atoms with Crippen molar-refractivity contribution in [3.8, 4) is 17.3 Å². The molecule has 0 aliphatic rings. The Morgan fingerprint density at radius 3 is 3.00 bits per heavy atom. The number of nitrogens with zero attached hydrogens (tertiary/aromatic N) is 2. The van der Waals surface area contributed by atoms with Crippen molar-refractivity contribution in [2.45, 2.75) is 6.92 Å². The lowest BCUT2D eigenvalue weighted by molar-refractivity contribution is 0.602. The van der Waals surface area contributed by atoms with Gasteiger partial charge in [0.05, 0.1) is 5.56 Å². The van der Waals surface area contributed by atoms with Gasteiger partial charge in [-0.15, -0.1) is 0 Å². The second-order valence-electron chi connectivity index (χ2n) is 3.87. The molecule has 1 aromatic carbocycles. The Morgan fingerprint density at radius 1 is 1.35 bits per heavy atom. The maximum absolute atomic E-state index is 8.92. The highest BCUT2D eigenvalue weighted by atomic mass is 16.3. The number of hydrogen-bond acceptors (Lipinski definition) is 3. The van der Waals surface area contributed by atoms with E-state index in [2.05, 4.69) is 16.0 Å². The summed E-state index contributed by atoms with van der Waals surface area (Å²) in [6.07, 6.45) is 1.43. The van der Waals surface area contributed by atoms with Gasteiger partial charge in [-0.1, -0.05) is 6.07 Å². The number of H-pyrrole nitrogens is 1. The molecule has 0 bridgehead atoms. The molecule has 0 radical (unpaired) electrons. The molecule has 0 aliphatic carbocycles. The first-order valence-electron chi connectivity index (χ1n) is 5.21. The van der Waals surface area contributed by atoms with E-state index >= 15 is 0 Å². The lowest BCUT2D eigenvalue weighted by Gasteiger charge is -1.96. The van der Waals surface area contributed by atoms with E-state index in [9.17, 15) is 0 Å². The summed E-state index contributed by atoms with van der Waals surface area (Å²) < 4.78 is 5.25. The fourth-order valence-corrected chi connectivity index (χ4v) is 1.85. The van der Waals surface area contributed by atoms with Crippen LogP contribution in [0.1, 0.15) is 11.3 Å². The van der Waals surface area contributed by atoms with Gasteiger partial charge in [0.1, 0.15) is 11.6 Å². The van der Waals surface area contributed by atoms with Crippen LogP contribution in [-0.4, -0.2) is 9.97 Å². The summed E-state index contributed by atoms with van der Waals surface area (Å²) in [6.45, 7) is 1.88. The third-order valence-electron chi connectivity index (χ3n) is 2.78. The highest BCUT2D eigenvalue weighted by molar-refractivity contribution is 5.79. The molecule has 0 fully saturated rings. The molecule has 0 unspecified atom stereocenters. The van der Waals surface area contributed by atoms with Crippen molar-refractivity contribution < 1.29 is 4.42 Å². The highest BCUT2D eigenvalue weighted by Gasteiger charge is 2.07. The first kappa shape index (κ1) is 9.67. The van der Waals surface area contributed by atoms with Crippen molar-refractivity contribution in [3.05, 3.63) is 41.9 Å². The largest absolute Gasteiger partial charge is 0.443 e. The van der Waals surface area contributed by atoms with Gasteiger partial charge in [0.15, 0.2) is 12.0 Å². The highest BCUT2D eigenvalue weighted by Crippen LogP contribution is 2.24. The predicted molar refractivity (Wildman–Crippen MR) is 63.2 cm³/mol. The Hall–Kier alpha value is -2.54. The van der Waals surface area contributed by atoms with E-state index in [0.29, 0.717) is 5.56 Å². The fourth-order valence-electron chi connectivity index (χ4n) is 1.85. The second-order valence-corrected chi connectivity index (χ2v) is 3.87. The van der Waals surface area contributed by atoms with Gasteiger partial charge in [-0.05, 0) is 25.1 Å². The van der Waals surface area contributed by atoms with E-state index in [1.807, 2.05) is 31.2 Å². The van der Waals surface area contributed by atoms with Gasteiger partial charge in [-0.2, -0.15) is 5.26 Å². The van der Waals surface area contributed by atoms with Crippen molar-refractivity contribution in [3.63, 3.8) is 0 Å². The number of oxazole rings is 1. The molecule has 3 rings (SSSR count). The minimum Gasteiger partial charge on any atom is -0.443 e. The zero-order chi connectivity index (χ0) is 11.8. The van der Waals surface area contributed by atoms with Gasteiger partial charge < -0.3 is 9.40 Å². The van der Waals surface area contributed by atoms with Crippen molar-refractivity contribution >= 4 is 11.1 Å². The lowest BCUT2D eigenvalue weighted by atomic mass is 10.1. The minimum atomic E-state index is 0.665. The number of nitrogens with one attached hydrogen (secondary N) is 1. The quantitative estimate of drug-likeness (QED) is 0.689. The van der Waals surface area contributed by atoms with Crippen LogP contribution in [0.2, 0.25) is 0 Å². The third kappa shape index (κ3) is 1.49. The molecule has 82 valence electrons. The number of benzene rings is 1. The summed E-state index contributed by atoms with van der Waals surface area (Å²) in [6, 6.07) is 9.76. The van der Waals surface area contributed by atoms with Gasteiger partial charge >= 0.3 is 0 Å². The number of aromatic nitrogens is 2. The normalized spacial score (nSPS) is 10.6. The van der Waals surface area contributed by atoms with E-state index in [-0.39, 0.29) is 0 Å². The molecule has 3 aromatic rings. The first-order valence-corrected chi connectivity index (χ1v) is 5.21. The zero-order valence-corrected chi connectivity index (χ0v) is 9.19. The van der Waals surface area contributed by atoms with Gasteiger partial charge in [0.25, 0.3) is 0 Å². The zero-order valence-electron chi connectivity index (χ0n) is 9.19. The molecule has 0 amide bonds. The molecule has 0 saturated carbocycles. The predicted octanol–water partition coefficient (Wildman–Crippen LogP) is 3.00. The standard InChI is InChI=1S/C13H9N3O/c1-8-10(6-14)4-12(16-8)9-2-3-11-13(5-9)17-7-15-11/h2-5,7,16H,1H3. The number of aromatic amines is 1. The number of hydrogen-bond donors (Lipinski definition) is 1. The monoisotopic (exact) mass is 223 g/mol. The molecule has 2 aromatic heterocycles. The van der Waals surface area contributed by atoms with Crippen LogP contribution in [0.15, 0.2) is 35.1 Å². The van der Waals surface area contributed by atoms with Crippen molar-refractivity contribution in [1.82, 2.24) is 9.97 Å². The van der Waals surface area contributed by atoms with Crippen LogP contribution in [0, 0.1) is 18.3 Å². The molecule has 1 N–H and O–H groups in total. The fraction of sp³-hybridized carbons (Fsp3) is 0.0769. The number of fused-ring (bicyclic) bond motifs is 1. The van der Waals surface area contributed by atoms with E-state index in [1.165, 1.54) is 6.39 Å². The molecule has 4 nitrogen and oxygen atoms in total. The van der Waals surface area contributed by atoms with Crippen LogP contribution < -0.4 is 0 Å². The summed E-state index contributed by atoms with van der Waals surface area (Å²) in [4.78, 5) is 7.25. The summed E-state index contributed by atoms with van der Waals surface area (Å²) >= 11 is 0. The first-order chi connectivity index (χ1) is 8.28. The van der Waals surface area contributed by atoms with Gasteiger partial charge in [0.2, 0.25) is 0 Å². The Labute approximate surface area is 97.5 Å². The van der Waals surface area contributed by atoms with Gasteiger partial charge in [0, 0.05) is 17.0 Å². The van der Waals surface area contributed by atoms with E-state index in [1.54, 1.807) is 0 Å². The Bertz CT molecular complexity index is 731. The number of aryl methyl sites for hydroxylation is 1. The van der Waals surface area contributed by atoms with Crippen molar-refractivity contribution in [1.29, 1.82) is 5.26 Å². The van der Waals surface area contributed by atoms with E-state index in [0.717, 1.165) is 28.1 Å². The average molecular weight is 223 g/mol. The SMILES string of the molecule is Cc1[nH]c(-c2ccc3ncoc3c2)cc1C#N. The van der Waals surface area contributed by atoms with Crippen LogP contribution >= 0.6 is 0 Å². The summed E-state index contributed by atoms with van der Waals surface area (Å²) in [5.74, 6) is 0. The molecular formula is C13H9N3O. The minimum absolute atomic E-state index is 0.665. The van der Waals surface area contributed by atoms with Crippen molar-refractivity contribution in [2.75, 3.05) is 0 Å². The van der Waals surface area contributed by atoms with Crippen LogP contribution in [0.4, 0.5) is 0 Å². The molecule has 17 heavy (non-hydrogen) atoms. The Kier molecular flexibility index (Phi) is 1.99. The number of rotatable bonds is 1. The summed E-state index contributed by atoms with van der Waals surface area (Å²) in [7, 11) is 0. The van der Waals surface area contributed by atoms with Crippen LogP contribution in [0.25, 0.3) is 22.4 Å². The maximum Gasteiger partial charge on any atom is 0.181 e.